The van der Waals surface area contributed by atoms with Gasteiger partial charge in [-0.3, -0.25) is 14.6 Å². The lowest BCUT2D eigenvalue weighted by Crippen LogP contribution is -2.14. The van der Waals surface area contributed by atoms with Crippen LogP contribution in [0.15, 0.2) is 54.7 Å². The molecule has 0 saturated carbocycles. The fourth-order valence-electron chi connectivity index (χ4n) is 3.70. The summed E-state index contributed by atoms with van der Waals surface area (Å²) in [5.41, 5.74) is 3.00. The SMILES string of the molecule is CCCCCCCCC=CCC(=O)Oc1ccc(-c2ccc(CCC(C)OC(=O)CC)cc2)nc1. The van der Waals surface area contributed by atoms with Gasteiger partial charge in [-0.25, -0.2) is 0 Å². The van der Waals surface area contributed by atoms with E-state index in [9.17, 15) is 9.59 Å². The van der Waals surface area contributed by atoms with E-state index in [1.165, 1.54) is 44.1 Å². The van der Waals surface area contributed by atoms with Crippen LogP contribution in [0.4, 0.5) is 0 Å². The fourth-order valence-corrected chi connectivity index (χ4v) is 3.70. The number of aromatic nitrogens is 1. The maximum Gasteiger partial charge on any atom is 0.315 e. The van der Waals surface area contributed by atoms with Gasteiger partial charge in [0.05, 0.1) is 24.4 Å². The standard InChI is InChI=1S/C30H41NO4/c1-4-6-7-8-9-10-11-12-13-14-30(33)35-27-21-22-28(31-23-27)26-19-17-25(18-20-26)16-15-24(3)34-29(32)5-2/h12-13,17-24H,4-11,14-16H2,1-3H3. The molecule has 190 valence electrons. The molecular formula is C30H41NO4. The Bertz CT molecular complexity index is 903. The summed E-state index contributed by atoms with van der Waals surface area (Å²) in [5.74, 6) is 0.0188. The van der Waals surface area contributed by atoms with E-state index < -0.39 is 0 Å². The number of rotatable bonds is 16. The third-order valence-corrected chi connectivity index (χ3v) is 5.85. The quantitative estimate of drug-likeness (QED) is 0.141. The molecule has 2 aromatic rings. The first-order valence-corrected chi connectivity index (χ1v) is 13.1. The predicted molar refractivity (Wildman–Crippen MR) is 141 cm³/mol. The molecule has 0 radical (unpaired) electrons. The van der Waals surface area contributed by atoms with E-state index in [1.54, 1.807) is 19.2 Å². The summed E-state index contributed by atoms with van der Waals surface area (Å²) in [6, 6.07) is 11.8. The van der Waals surface area contributed by atoms with Gasteiger partial charge in [0.15, 0.2) is 0 Å². The van der Waals surface area contributed by atoms with Gasteiger partial charge in [-0.05, 0) is 50.3 Å². The van der Waals surface area contributed by atoms with Crippen LogP contribution in [0.3, 0.4) is 0 Å². The number of aryl methyl sites for hydroxylation is 1. The van der Waals surface area contributed by atoms with Crippen molar-refractivity contribution in [3.8, 4) is 17.0 Å². The molecule has 1 atom stereocenters. The minimum absolute atomic E-state index is 0.0881. The molecule has 0 amide bonds. The second-order valence-electron chi connectivity index (χ2n) is 8.97. The summed E-state index contributed by atoms with van der Waals surface area (Å²) < 4.78 is 10.7. The first-order valence-electron chi connectivity index (χ1n) is 13.1. The lowest BCUT2D eigenvalue weighted by Gasteiger charge is -2.12. The van der Waals surface area contributed by atoms with Gasteiger partial charge in [0, 0.05) is 12.0 Å². The zero-order chi connectivity index (χ0) is 25.3. The smallest absolute Gasteiger partial charge is 0.315 e. The molecule has 0 aliphatic heterocycles. The molecule has 5 nitrogen and oxygen atoms in total. The Labute approximate surface area is 211 Å². The molecule has 0 aliphatic carbocycles. The van der Waals surface area contributed by atoms with Gasteiger partial charge < -0.3 is 9.47 Å². The summed E-state index contributed by atoms with van der Waals surface area (Å²) in [4.78, 5) is 27.9. The Hall–Kier alpha value is -2.95. The van der Waals surface area contributed by atoms with E-state index in [1.807, 2.05) is 31.2 Å². The Balaban J connectivity index is 1.72. The van der Waals surface area contributed by atoms with Crippen molar-refractivity contribution >= 4 is 11.9 Å². The van der Waals surface area contributed by atoms with Crippen LogP contribution in [-0.4, -0.2) is 23.0 Å². The topological polar surface area (TPSA) is 65.5 Å². The highest BCUT2D eigenvalue weighted by Gasteiger charge is 2.09. The summed E-state index contributed by atoms with van der Waals surface area (Å²) in [6.07, 6.45) is 16.4. The van der Waals surface area contributed by atoms with Crippen molar-refractivity contribution in [2.75, 3.05) is 0 Å². The number of esters is 2. The molecular weight excluding hydrogens is 438 g/mol. The molecule has 0 N–H and O–H groups in total. The number of hydrogen-bond acceptors (Lipinski definition) is 5. The molecule has 0 aliphatic rings. The molecule has 0 spiro atoms. The normalized spacial score (nSPS) is 12.0. The molecule has 1 aromatic carbocycles. The highest BCUT2D eigenvalue weighted by Crippen LogP contribution is 2.21. The predicted octanol–water partition coefficient (Wildman–Crippen LogP) is 7.63. The van der Waals surface area contributed by atoms with E-state index in [-0.39, 0.29) is 24.5 Å². The molecule has 2 rings (SSSR count). The second kappa shape index (κ2) is 16.6. The molecule has 0 fully saturated rings. The number of ether oxygens (including phenoxy) is 2. The largest absolute Gasteiger partial charge is 0.463 e. The number of benzene rings is 1. The van der Waals surface area contributed by atoms with Crippen LogP contribution in [-0.2, 0) is 20.7 Å². The van der Waals surface area contributed by atoms with E-state index in [4.69, 9.17) is 9.47 Å². The molecule has 1 aromatic heterocycles. The average molecular weight is 480 g/mol. The first-order chi connectivity index (χ1) is 17.0. The Morgan fingerprint density at radius 1 is 0.914 bits per heavy atom. The Morgan fingerprint density at radius 2 is 1.66 bits per heavy atom. The van der Waals surface area contributed by atoms with Crippen molar-refractivity contribution in [1.82, 2.24) is 4.98 Å². The number of unbranched alkanes of at least 4 members (excludes halogenated alkanes) is 6. The molecule has 1 heterocycles. The number of hydrogen-bond donors (Lipinski definition) is 0. The lowest BCUT2D eigenvalue weighted by atomic mass is 10.0. The van der Waals surface area contributed by atoms with Crippen molar-refractivity contribution in [3.05, 3.63) is 60.3 Å². The number of nitrogens with zero attached hydrogens (tertiary/aromatic N) is 1. The summed E-state index contributed by atoms with van der Waals surface area (Å²) in [5, 5.41) is 0. The Kier molecular flexibility index (Phi) is 13.4. The van der Waals surface area contributed by atoms with Gasteiger partial charge in [0.2, 0.25) is 0 Å². The van der Waals surface area contributed by atoms with E-state index >= 15 is 0 Å². The van der Waals surface area contributed by atoms with Crippen molar-refractivity contribution in [2.45, 2.75) is 97.5 Å². The van der Waals surface area contributed by atoms with Gasteiger partial charge in [-0.2, -0.15) is 0 Å². The fraction of sp³-hybridized carbons (Fsp3) is 0.500. The monoisotopic (exact) mass is 479 g/mol. The van der Waals surface area contributed by atoms with Gasteiger partial charge in [-0.15, -0.1) is 0 Å². The van der Waals surface area contributed by atoms with Crippen LogP contribution in [0.5, 0.6) is 5.75 Å². The summed E-state index contributed by atoms with van der Waals surface area (Å²) >= 11 is 0. The number of carbonyl (C=O) groups is 2. The van der Waals surface area contributed by atoms with Crippen molar-refractivity contribution in [2.24, 2.45) is 0 Å². The average Bonchev–Trinajstić information content (AvgIpc) is 2.87. The Morgan fingerprint density at radius 3 is 2.34 bits per heavy atom. The van der Waals surface area contributed by atoms with E-state index in [0.717, 1.165) is 30.5 Å². The van der Waals surface area contributed by atoms with Gasteiger partial charge >= 0.3 is 11.9 Å². The molecule has 0 bridgehead atoms. The highest BCUT2D eigenvalue weighted by molar-refractivity contribution is 5.74. The molecule has 35 heavy (non-hydrogen) atoms. The third-order valence-electron chi connectivity index (χ3n) is 5.85. The van der Waals surface area contributed by atoms with E-state index in [0.29, 0.717) is 12.2 Å². The maximum absolute atomic E-state index is 12.1. The number of pyridine rings is 1. The minimum atomic E-state index is -0.276. The maximum atomic E-state index is 12.1. The van der Waals surface area contributed by atoms with Crippen LogP contribution in [0.1, 0.15) is 90.5 Å². The molecule has 0 saturated heterocycles. The highest BCUT2D eigenvalue weighted by atomic mass is 16.5. The minimum Gasteiger partial charge on any atom is -0.463 e. The number of allylic oxidation sites excluding steroid dienone is 1. The first kappa shape index (κ1) is 28.3. The summed E-state index contributed by atoms with van der Waals surface area (Å²) in [7, 11) is 0. The molecule has 1 unspecified atom stereocenters. The van der Waals surface area contributed by atoms with Crippen molar-refractivity contribution < 1.29 is 19.1 Å². The second-order valence-corrected chi connectivity index (χ2v) is 8.97. The molecule has 5 heteroatoms. The van der Waals surface area contributed by atoms with Crippen molar-refractivity contribution in [3.63, 3.8) is 0 Å². The van der Waals surface area contributed by atoms with Crippen LogP contribution in [0.2, 0.25) is 0 Å². The van der Waals surface area contributed by atoms with Gasteiger partial charge in [0.25, 0.3) is 0 Å². The third kappa shape index (κ3) is 11.8. The number of carbonyl (C=O) groups excluding carboxylic acids is 2. The van der Waals surface area contributed by atoms with Gasteiger partial charge in [0.1, 0.15) is 5.75 Å². The zero-order valence-corrected chi connectivity index (χ0v) is 21.6. The van der Waals surface area contributed by atoms with Crippen LogP contribution in [0, 0.1) is 0 Å². The van der Waals surface area contributed by atoms with Crippen LogP contribution < -0.4 is 4.74 Å². The van der Waals surface area contributed by atoms with Crippen LogP contribution >= 0.6 is 0 Å². The lowest BCUT2D eigenvalue weighted by molar-refractivity contribution is -0.148. The van der Waals surface area contributed by atoms with Crippen molar-refractivity contribution in [1.29, 1.82) is 0 Å². The van der Waals surface area contributed by atoms with Crippen LogP contribution in [0.25, 0.3) is 11.3 Å². The van der Waals surface area contributed by atoms with E-state index in [2.05, 4.69) is 30.1 Å². The zero-order valence-electron chi connectivity index (χ0n) is 21.6. The summed E-state index contributed by atoms with van der Waals surface area (Å²) in [6.45, 7) is 5.95. The van der Waals surface area contributed by atoms with Gasteiger partial charge in [-0.1, -0.05) is 82.4 Å².